The van der Waals surface area contributed by atoms with Gasteiger partial charge in [0, 0.05) is 13.1 Å². The second-order valence-corrected chi connectivity index (χ2v) is 13.2. The molecule has 3 aromatic rings. The molecule has 12 nitrogen and oxygen atoms in total. The fourth-order valence-corrected chi connectivity index (χ4v) is 5.18. The Balaban J connectivity index is 1.53. The molecule has 1 aromatic heterocycles. The molecule has 4 amide bonds. The van der Waals surface area contributed by atoms with Crippen LogP contribution < -0.4 is 16.0 Å². The summed E-state index contributed by atoms with van der Waals surface area (Å²) in [7, 11) is 0. The molecule has 4 rings (SSSR count). The maximum atomic E-state index is 13.7. The Morgan fingerprint density at radius 3 is 2.15 bits per heavy atom. The highest BCUT2D eigenvalue weighted by molar-refractivity contribution is 5.99. The van der Waals surface area contributed by atoms with Gasteiger partial charge in [-0.1, -0.05) is 60.7 Å². The SMILES string of the molecule is Cc1c(NC(=O)C(COCc2ccccc2)NC(=O)C(C)(C)NC(=O)OC(C)(C)C)ncn1C(C(=O)N1CCCC1)c1ccccc1. The van der Waals surface area contributed by atoms with Gasteiger partial charge < -0.3 is 34.9 Å². The number of hydrogen-bond acceptors (Lipinski definition) is 7. The van der Waals surface area contributed by atoms with Gasteiger partial charge in [0.15, 0.2) is 5.82 Å². The molecule has 12 heteroatoms. The third kappa shape index (κ3) is 9.65. The molecule has 0 radical (unpaired) electrons. The van der Waals surface area contributed by atoms with E-state index < -0.39 is 41.1 Å². The molecule has 1 aliphatic rings. The van der Waals surface area contributed by atoms with Crippen molar-refractivity contribution < 1.29 is 28.7 Å². The van der Waals surface area contributed by atoms with E-state index in [1.807, 2.05) is 65.6 Å². The molecule has 47 heavy (non-hydrogen) atoms. The predicted octanol–water partition coefficient (Wildman–Crippen LogP) is 4.35. The van der Waals surface area contributed by atoms with Crippen LogP contribution in [-0.2, 0) is 30.5 Å². The third-order valence-corrected chi connectivity index (χ3v) is 7.73. The van der Waals surface area contributed by atoms with E-state index in [9.17, 15) is 19.2 Å². The minimum atomic E-state index is -1.42. The van der Waals surface area contributed by atoms with Crippen molar-refractivity contribution in [2.24, 2.45) is 0 Å². The summed E-state index contributed by atoms with van der Waals surface area (Å²) in [5, 5.41) is 8.11. The van der Waals surface area contributed by atoms with Gasteiger partial charge in [0.1, 0.15) is 23.2 Å². The molecule has 2 heterocycles. The molecule has 0 bridgehead atoms. The Morgan fingerprint density at radius 2 is 1.53 bits per heavy atom. The lowest BCUT2D eigenvalue weighted by molar-refractivity contribution is -0.132. The number of carbonyl (C=O) groups excluding carboxylic acids is 4. The fourth-order valence-electron chi connectivity index (χ4n) is 5.18. The van der Waals surface area contributed by atoms with Gasteiger partial charge >= 0.3 is 6.09 Å². The van der Waals surface area contributed by atoms with Crippen LogP contribution in [0, 0.1) is 6.92 Å². The van der Waals surface area contributed by atoms with Crippen molar-refractivity contribution in [1.82, 2.24) is 25.1 Å². The standard InChI is InChI=1S/C35H46N6O6/c1-24-29(36-23-41(24)28(26-17-11-8-12-18-26)31(43)40-19-13-14-20-40)38-30(42)27(22-46-21-25-15-9-7-10-16-25)37-32(44)35(5,6)39-33(45)47-34(2,3)4/h7-12,15-18,23,27-28H,13-14,19-22H2,1-6H3,(H,37,44)(H,38,42)(H,39,45). The summed E-state index contributed by atoms with van der Waals surface area (Å²) in [4.78, 5) is 59.6. The normalized spacial score (nSPS) is 14.6. The van der Waals surface area contributed by atoms with Gasteiger partial charge in [0.25, 0.3) is 5.91 Å². The first-order valence-electron chi connectivity index (χ1n) is 15.9. The van der Waals surface area contributed by atoms with Crippen LogP contribution in [0.1, 0.15) is 70.3 Å². The predicted molar refractivity (Wildman–Crippen MR) is 177 cm³/mol. The Labute approximate surface area is 276 Å². The zero-order valence-corrected chi connectivity index (χ0v) is 28.0. The van der Waals surface area contributed by atoms with Gasteiger partial charge in [-0.15, -0.1) is 0 Å². The largest absolute Gasteiger partial charge is 0.444 e. The maximum Gasteiger partial charge on any atom is 0.408 e. The van der Waals surface area contributed by atoms with Gasteiger partial charge in [-0.05, 0) is 65.5 Å². The minimum absolute atomic E-state index is 0.0359. The van der Waals surface area contributed by atoms with E-state index in [0.29, 0.717) is 18.8 Å². The second kappa shape index (κ2) is 15.3. The number of amides is 4. The van der Waals surface area contributed by atoms with Crippen molar-refractivity contribution >= 4 is 29.6 Å². The maximum absolute atomic E-state index is 13.7. The molecular formula is C35H46N6O6. The van der Waals surface area contributed by atoms with Crippen LogP contribution >= 0.6 is 0 Å². The average molecular weight is 647 g/mol. The van der Waals surface area contributed by atoms with Gasteiger partial charge in [0.2, 0.25) is 11.8 Å². The summed E-state index contributed by atoms with van der Waals surface area (Å²) in [6.07, 6.45) is 2.70. The molecule has 0 saturated carbocycles. The summed E-state index contributed by atoms with van der Waals surface area (Å²) in [6.45, 7) is 11.4. The van der Waals surface area contributed by atoms with Gasteiger partial charge in [0.05, 0.1) is 25.2 Å². The van der Waals surface area contributed by atoms with E-state index in [2.05, 4.69) is 20.9 Å². The molecule has 252 valence electrons. The number of alkyl carbamates (subject to hydrolysis) is 1. The molecule has 0 aliphatic carbocycles. The molecule has 3 N–H and O–H groups in total. The van der Waals surface area contributed by atoms with E-state index in [1.165, 1.54) is 13.8 Å². The Kier molecular flexibility index (Phi) is 11.4. The second-order valence-electron chi connectivity index (χ2n) is 13.2. The molecule has 1 aliphatic heterocycles. The number of hydrogen-bond donors (Lipinski definition) is 3. The minimum Gasteiger partial charge on any atom is -0.444 e. The topological polar surface area (TPSA) is 144 Å². The van der Waals surface area contributed by atoms with Crippen molar-refractivity contribution in [2.45, 2.75) is 84.2 Å². The van der Waals surface area contributed by atoms with Crippen molar-refractivity contribution in [1.29, 1.82) is 0 Å². The van der Waals surface area contributed by atoms with Crippen LogP contribution in [0.4, 0.5) is 10.6 Å². The summed E-state index contributed by atoms with van der Waals surface area (Å²) in [5.74, 6) is -0.978. The number of anilines is 1. The highest BCUT2D eigenvalue weighted by atomic mass is 16.6. The van der Waals surface area contributed by atoms with E-state index in [-0.39, 0.29) is 24.9 Å². The fraction of sp³-hybridized carbons (Fsp3) is 0.457. The number of carbonyl (C=O) groups is 4. The molecule has 2 atom stereocenters. The highest BCUT2D eigenvalue weighted by Gasteiger charge is 2.35. The first-order chi connectivity index (χ1) is 22.2. The number of likely N-dealkylation sites (tertiary alicyclic amines) is 1. The number of rotatable bonds is 12. The van der Waals surface area contributed by atoms with Crippen molar-refractivity contribution in [3.63, 3.8) is 0 Å². The van der Waals surface area contributed by atoms with Crippen molar-refractivity contribution in [3.8, 4) is 0 Å². The smallest absolute Gasteiger partial charge is 0.408 e. The van der Waals surface area contributed by atoms with Gasteiger partial charge in [-0.2, -0.15) is 0 Å². The average Bonchev–Trinajstić information content (AvgIpc) is 3.67. The van der Waals surface area contributed by atoms with E-state index in [4.69, 9.17) is 9.47 Å². The highest BCUT2D eigenvalue weighted by Crippen LogP contribution is 2.27. The zero-order valence-electron chi connectivity index (χ0n) is 28.0. The lowest BCUT2D eigenvalue weighted by Gasteiger charge is -2.29. The van der Waals surface area contributed by atoms with Crippen LogP contribution in [0.15, 0.2) is 67.0 Å². The first kappa shape index (κ1) is 35.1. The summed E-state index contributed by atoms with van der Waals surface area (Å²) in [5.41, 5.74) is 0.0962. The summed E-state index contributed by atoms with van der Waals surface area (Å²) < 4.78 is 12.9. The monoisotopic (exact) mass is 646 g/mol. The van der Waals surface area contributed by atoms with Crippen LogP contribution in [0.25, 0.3) is 0 Å². The number of nitrogens with zero attached hydrogens (tertiary/aromatic N) is 3. The number of nitrogens with one attached hydrogen (secondary N) is 3. The van der Waals surface area contributed by atoms with E-state index >= 15 is 0 Å². The van der Waals surface area contributed by atoms with Crippen LogP contribution in [0.2, 0.25) is 0 Å². The Morgan fingerprint density at radius 1 is 0.915 bits per heavy atom. The van der Waals surface area contributed by atoms with Gasteiger partial charge in [-0.3, -0.25) is 14.4 Å². The lowest BCUT2D eigenvalue weighted by atomic mass is 10.0. The quantitative estimate of drug-likeness (QED) is 0.266. The Hall–Kier alpha value is -4.71. The molecule has 2 aromatic carbocycles. The Bertz CT molecular complexity index is 1530. The van der Waals surface area contributed by atoms with E-state index in [0.717, 1.165) is 24.0 Å². The summed E-state index contributed by atoms with van der Waals surface area (Å²) in [6, 6.07) is 17.1. The van der Waals surface area contributed by atoms with Crippen LogP contribution in [0.3, 0.4) is 0 Å². The number of ether oxygens (including phenoxy) is 2. The van der Waals surface area contributed by atoms with Crippen LogP contribution in [-0.4, -0.2) is 75.1 Å². The first-order valence-corrected chi connectivity index (χ1v) is 15.9. The zero-order chi connectivity index (χ0) is 34.2. The number of benzene rings is 2. The molecular weight excluding hydrogens is 600 g/mol. The molecule has 2 unspecified atom stereocenters. The number of imidazole rings is 1. The lowest BCUT2D eigenvalue weighted by Crippen LogP contribution is -2.59. The molecule has 0 spiro atoms. The number of aromatic nitrogens is 2. The van der Waals surface area contributed by atoms with Crippen molar-refractivity contribution in [2.75, 3.05) is 25.0 Å². The molecule has 1 saturated heterocycles. The van der Waals surface area contributed by atoms with E-state index in [1.54, 1.807) is 38.6 Å². The van der Waals surface area contributed by atoms with Gasteiger partial charge in [-0.25, -0.2) is 9.78 Å². The van der Waals surface area contributed by atoms with Crippen molar-refractivity contribution in [3.05, 3.63) is 83.8 Å². The molecule has 1 fully saturated rings. The van der Waals surface area contributed by atoms with Crippen LogP contribution in [0.5, 0.6) is 0 Å². The summed E-state index contributed by atoms with van der Waals surface area (Å²) >= 11 is 0. The third-order valence-electron chi connectivity index (χ3n) is 7.73.